The van der Waals surface area contributed by atoms with Gasteiger partial charge in [-0.2, -0.15) is 4.98 Å². The number of thiazole rings is 1. The maximum absolute atomic E-state index is 10.3. The highest BCUT2D eigenvalue weighted by Crippen LogP contribution is 2.26. The molecule has 0 amide bonds. The molecular weight excluding hydrogens is 198 g/mol. The summed E-state index contributed by atoms with van der Waals surface area (Å²) in [5.74, 6) is 2.28. The van der Waals surface area contributed by atoms with E-state index in [-0.39, 0.29) is 11.8 Å². The molecule has 1 aromatic rings. The first-order valence-corrected chi connectivity index (χ1v) is 4.15. The van der Waals surface area contributed by atoms with Crippen molar-refractivity contribution in [3.63, 3.8) is 0 Å². The monoisotopic (exact) mass is 201 g/mol. The van der Waals surface area contributed by atoms with E-state index in [0.29, 0.717) is 16.4 Å². The van der Waals surface area contributed by atoms with Gasteiger partial charge >= 0.3 is 0 Å². The van der Waals surface area contributed by atoms with Gasteiger partial charge in [0.25, 0.3) is 5.19 Å². The fourth-order valence-electron chi connectivity index (χ4n) is 0.532. The highest BCUT2D eigenvalue weighted by atomic mass is 35.5. The van der Waals surface area contributed by atoms with Gasteiger partial charge in [-0.3, -0.25) is 4.79 Å². The molecule has 0 aliphatic carbocycles. The van der Waals surface area contributed by atoms with Crippen LogP contribution in [0.15, 0.2) is 0 Å². The molecule has 1 heterocycles. The second-order valence-corrected chi connectivity index (χ2v) is 3.10. The molecule has 0 radical (unpaired) electrons. The predicted octanol–water partition coefficient (Wildman–Crippen LogP) is 1.62. The Labute approximate surface area is 78.3 Å². The van der Waals surface area contributed by atoms with E-state index < -0.39 is 0 Å². The van der Waals surface area contributed by atoms with E-state index >= 15 is 0 Å². The summed E-state index contributed by atoms with van der Waals surface area (Å²) in [6.45, 7) is 0.127. The van der Waals surface area contributed by atoms with E-state index in [2.05, 4.69) is 10.9 Å². The van der Waals surface area contributed by atoms with Crippen LogP contribution < -0.4 is 4.74 Å². The number of halogens is 1. The highest BCUT2D eigenvalue weighted by Gasteiger charge is 2.08. The Bertz CT molecular complexity index is 329. The zero-order chi connectivity index (χ0) is 8.97. The number of nitrogens with zero attached hydrogens (tertiary/aromatic N) is 1. The normalized spacial score (nSPS) is 9.00. The lowest BCUT2D eigenvalue weighted by Crippen LogP contribution is -1.91. The van der Waals surface area contributed by atoms with E-state index in [0.717, 1.165) is 11.3 Å². The summed E-state index contributed by atoms with van der Waals surface area (Å²) >= 11 is 6.63. The Hall–Kier alpha value is -1.05. The van der Waals surface area contributed by atoms with Gasteiger partial charge < -0.3 is 4.74 Å². The van der Waals surface area contributed by atoms with Crippen LogP contribution in [0.3, 0.4) is 0 Å². The van der Waals surface area contributed by atoms with Gasteiger partial charge in [0.05, 0.1) is 0 Å². The van der Waals surface area contributed by atoms with Crippen molar-refractivity contribution in [3.8, 4) is 17.5 Å². The topological polar surface area (TPSA) is 39.2 Å². The number of aromatic nitrogens is 1. The smallest absolute Gasteiger partial charge is 0.276 e. The largest absolute Gasteiger partial charge is 0.457 e. The summed E-state index contributed by atoms with van der Waals surface area (Å²) < 4.78 is 4.95. The van der Waals surface area contributed by atoms with Gasteiger partial charge in [0.2, 0.25) is 0 Å². The molecular formula is C7H4ClNO2S. The molecule has 0 unspecified atom stereocenters. The number of carbonyl (C=O) groups excluding carboxylic acids is 1. The summed E-state index contributed by atoms with van der Waals surface area (Å²) in [5, 5.41) is 0.474. The van der Waals surface area contributed by atoms with Crippen LogP contribution in [0, 0.1) is 12.3 Å². The molecule has 0 N–H and O–H groups in total. The molecule has 0 aromatic carbocycles. The Kier molecular flexibility index (Phi) is 3.09. The van der Waals surface area contributed by atoms with Gasteiger partial charge in [-0.05, 0) is 0 Å². The van der Waals surface area contributed by atoms with E-state index in [4.69, 9.17) is 22.8 Å². The number of terminal acetylenes is 1. The molecule has 0 saturated carbocycles. The second kappa shape index (κ2) is 4.10. The zero-order valence-electron chi connectivity index (χ0n) is 5.91. The van der Waals surface area contributed by atoms with Crippen molar-refractivity contribution in [1.82, 2.24) is 4.98 Å². The lowest BCUT2D eigenvalue weighted by molar-refractivity contribution is 0.112. The third-order valence-corrected chi connectivity index (χ3v) is 2.27. The summed E-state index contributed by atoms with van der Waals surface area (Å²) in [5.41, 5.74) is 0. The van der Waals surface area contributed by atoms with Gasteiger partial charge in [0.1, 0.15) is 4.88 Å². The molecule has 1 rings (SSSR count). The Morgan fingerprint density at radius 3 is 3.08 bits per heavy atom. The van der Waals surface area contributed by atoms with Crippen molar-refractivity contribution in [3.05, 3.63) is 10.0 Å². The highest BCUT2D eigenvalue weighted by molar-refractivity contribution is 7.15. The third kappa shape index (κ3) is 1.97. The molecule has 3 nitrogen and oxygen atoms in total. The second-order valence-electron chi connectivity index (χ2n) is 1.75. The third-order valence-electron chi connectivity index (χ3n) is 0.976. The minimum absolute atomic E-state index is 0.127. The van der Waals surface area contributed by atoms with Crippen LogP contribution in [0.5, 0.6) is 5.19 Å². The van der Waals surface area contributed by atoms with Gasteiger partial charge in [-0.25, -0.2) is 0 Å². The van der Waals surface area contributed by atoms with E-state index in [1.807, 2.05) is 0 Å². The van der Waals surface area contributed by atoms with Crippen LogP contribution in [0.2, 0.25) is 5.15 Å². The summed E-state index contributed by atoms with van der Waals surface area (Å²) in [4.78, 5) is 14.4. The molecule has 0 aliphatic heterocycles. The van der Waals surface area contributed by atoms with Crippen molar-refractivity contribution in [2.45, 2.75) is 0 Å². The number of hydrogen-bond acceptors (Lipinski definition) is 4. The van der Waals surface area contributed by atoms with Crippen LogP contribution >= 0.6 is 22.9 Å². The van der Waals surface area contributed by atoms with Gasteiger partial charge in [-0.15, -0.1) is 6.42 Å². The molecule has 5 heteroatoms. The first kappa shape index (κ1) is 9.04. The Morgan fingerprint density at radius 2 is 2.58 bits per heavy atom. The van der Waals surface area contributed by atoms with Gasteiger partial charge in [-0.1, -0.05) is 28.9 Å². The molecule has 0 bridgehead atoms. The number of rotatable bonds is 3. The summed E-state index contributed by atoms with van der Waals surface area (Å²) in [6, 6.07) is 0. The quantitative estimate of drug-likeness (QED) is 0.551. The first-order valence-electron chi connectivity index (χ1n) is 2.95. The molecule has 1 aromatic heterocycles. The maximum Gasteiger partial charge on any atom is 0.276 e. The van der Waals surface area contributed by atoms with Crippen molar-refractivity contribution < 1.29 is 9.53 Å². The number of ether oxygens (including phenoxy) is 1. The van der Waals surface area contributed by atoms with Crippen molar-refractivity contribution in [2.75, 3.05) is 6.61 Å². The molecule has 0 spiro atoms. The predicted molar refractivity (Wildman–Crippen MR) is 46.8 cm³/mol. The summed E-state index contributed by atoms with van der Waals surface area (Å²) in [6.07, 6.45) is 5.58. The lowest BCUT2D eigenvalue weighted by Gasteiger charge is -1.91. The number of hydrogen-bond donors (Lipinski definition) is 0. The Balaban J connectivity index is 2.76. The number of carbonyl (C=O) groups is 1. The minimum atomic E-state index is 0.127. The maximum atomic E-state index is 10.3. The van der Waals surface area contributed by atoms with Crippen LogP contribution in [0.4, 0.5) is 0 Å². The fraction of sp³-hybridized carbons (Fsp3) is 0.143. The van der Waals surface area contributed by atoms with Crippen LogP contribution in [-0.4, -0.2) is 17.9 Å². The minimum Gasteiger partial charge on any atom is -0.457 e. The van der Waals surface area contributed by atoms with E-state index in [1.54, 1.807) is 0 Å². The van der Waals surface area contributed by atoms with Crippen molar-refractivity contribution in [2.24, 2.45) is 0 Å². The van der Waals surface area contributed by atoms with Gasteiger partial charge in [0, 0.05) is 0 Å². The fourth-order valence-corrected chi connectivity index (χ4v) is 1.44. The van der Waals surface area contributed by atoms with Crippen molar-refractivity contribution >= 4 is 29.2 Å². The Morgan fingerprint density at radius 1 is 1.83 bits per heavy atom. The average Bonchev–Trinajstić information content (AvgIpc) is 2.43. The zero-order valence-corrected chi connectivity index (χ0v) is 7.48. The molecule has 0 aliphatic rings. The van der Waals surface area contributed by atoms with E-state index in [1.165, 1.54) is 0 Å². The lowest BCUT2D eigenvalue weighted by atomic mass is 10.6. The van der Waals surface area contributed by atoms with Crippen LogP contribution in [0.1, 0.15) is 9.67 Å². The molecule has 0 atom stereocenters. The van der Waals surface area contributed by atoms with Gasteiger partial charge in [0.15, 0.2) is 18.0 Å². The summed E-state index contributed by atoms with van der Waals surface area (Å²) in [7, 11) is 0. The number of aldehydes is 1. The first-order chi connectivity index (χ1) is 5.77. The standard InChI is InChI=1S/C7H4ClNO2S/c1-2-3-11-7-9-6(8)5(4-10)12-7/h1,4H,3H2. The molecule has 62 valence electrons. The average molecular weight is 202 g/mol. The molecule has 0 saturated heterocycles. The molecule has 0 fully saturated rings. The van der Waals surface area contributed by atoms with Crippen molar-refractivity contribution in [1.29, 1.82) is 0 Å². The van der Waals surface area contributed by atoms with Crippen LogP contribution in [-0.2, 0) is 0 Å². The van der Waals surface area contributed by atoms with Crippen LogP contribution in [0.25, 0.3) is 0 Å². The SMILES string of the molecule is C#CCOc1nc(Cl)c(C=O)s1. The molecule has 12 heavy (non-hydrogen) atoms. The van der Waals surface area contributed by atoms with E-state index in [9.17, 15) is 4.79 Å².